The molecule has 0 spiro atoms. The van der Waals surface area contributed by atoms with E-state index in [0.717, 1.165) is 12.5 Å². The summed E-state index contributed by atoms with van der Waals surface area (Å²) in [4.78, 5) is 9.25. The monoisotopic (exact) mass is 188 g/mol. The lowest BCUT2D eigenvalue weighted by molar-refractivity contribution is -0.131. The fraction of sp³-hybridized carbons (Fsp3) is 0.0833. The van der Waals surface area contributed by atoms with Crippen LogP contribution in [0.2, 0.25) is 0 Å². The minimum Gasteiger partial charge on any atom is -0.478 e. The summed E-state index contributed by atoms with van der Waals surface area (Å²) in [6.07, 6.45) is 6.33. The molecule has 0 radical (unpaired) electrons. The van der Waals surface area contributed by atoms with Gasteiger partial charge in [-0.3, -0.25) is 0 Å². The van der Waals surface area contributed by atoms with Crippen LogP contribution in [0.1, 0.15) is 11.1 Å². The number of carbonyl (C=O) groups is 1. The number of carboxylic acids is 1. The van der Waals surface area contributed by atoms with Crippen LogP contribution in [0.15, 0.2) is 43.0 Å². The van der Waals surface area contributed by atoms with Gasteiger partial charge in [-0.05, 0) is 17.5 Å². The second-order valence-corrected chi connectivity index (χ2v) is 2.85. The number of allylic oxidation sites excluding steroid dienone is 1. The van der Waals surface area contributed by atoms with Crippen LogP contribution < -0.4 is 0 Å². The third kappa shape index (κ3) is 2.90. The van der Waals surface area contributed by atoms with Crippen LogP contribution in [0.5, 0.6) is 0 Å². The lowest BCUT2D eigenvalue weighted by Crippen LogP contribution is -1.82. The lowest BCUT2D eigenvalue weighted by atomic mass is 10.1. The Bertz CT molecular complexity index is 364. The Morgan fingerprint density at radius 2 is 2.07 bits per heavy atom. The molecule has 2 nitrogen and oxygen atoms in total. The van der Waals surface area contributed by atoms with E-state index in [4.69, 9.17) is 5.11 Å². The summed E-state index contributed by atoms with van der Waals surface area (Å²) in [7, 11) is 0. The molecule has 0 aliphatic heterocycles. The molecule has 72 valence electrons. The summed E-state index contributed by atoms with van der Waals surface area (Å²) in [6, 6.07) is 8.49. The van der Waals surface area contributed by atoms with Gasteiger partial charge < -0.3 is 5.11 Å². The molecule has 2 heteroatoms. The van der Waals surface area contributed by atoms with Gasteiger partial charge in [-0.15, -0.1) is 0 Å². The first kappa shape index (κ1) is 10.3. The van der Waals surface area contributed by atoms with Crippen molar-refractivity contribution in [3.05, 3.63) is 54.1 Å². The molecule has 0 saturated carbocycles. The third-order valence-electron chi connectivity index (χ3n) is 1.86. The SMILES string of the molecule is C1=Cc2ccccc2C1.C=CC(=O)O. The van der Waals surface area contributed by atoms with Crippen molar-refractivity contribution in [3.8, 4) is 0 Å². The van der Waals surface area contributed by atoms with Crippen molar-refractivity contribution < 1.29 is 9.90 Å². The van der Waals surface area contributed by atoms with Crippen molar-refractivity contribution in [1.29, 1.82) is 0 Å². The molecule has 14 heavy (non-hydrogen) atoms. The number of carboxylic acid groups (broad SMARTS) is 1. The van der Waals surface area contributed by atoms with E-state index in [2.05, 4.69) is 43.0 Å². The molecule has 1 aromatic rings. The quantitative estimate of drug-likeness (QED) is 0.687. The molecule has 1 aromatic carbocycles. The van der Waals surface area contributed by atoms with Gasteiger partial charge in [-0.2, -0.15) is 0 Å². The average Bonchev–Trinajstić information content (AvgIpc) is 2.66. The largest absolute Gasteiger partial charge is 0.478 e. The van der Waals surface area contributed by atoms with Crippen LogP contribution in [0.3, 0.4) is 0 Å². The summed E-state index contributed by atoms with van der Waals surface area (Å²) >= 11 is 0. The van der Waals surface area contributed by atoms with E-state index in [-0.39, 0.29) is 0 Å². The summed E-state index contributed by atoms with van der Waals surface area (Å²) in [5, 5.41) is 7.60. The van der Waals surface area contributed by atoms with Crippen LogP contribution in [0.25, 0.3) is 6.08 Å². The predicted octanol–water partition coefficient (Wildman–Crippen LogP) is 2.51. The molecule has 0 saturated heterocycles. The van der Waals surface area contributed by atoms with Crippen molar-refractivity contribution in [2.45, 2.75) is 6.42 Å². The zero-order valence-electron chi connectivity index (χ0n) is 7.81. The number of hydrogen-bond donors (Lipinski definition) is 1. The molecule has 1 aliphatic carbocycles. The average molecular weight is 188 g/mol. The van der Waals surface area contributed by atoms with Gasteiger partial charge in [0, 0.05) is 6.08 Å². The number of hydrogen-bond acceptors (Lipinski definition) is 1. The third-order valence-corrected chi connectivity index (χ3v) is 1.86. The highest BCUT2D eigenvalue weighted by molar-refractivity contribution is 5.78. The predicted molar refractivity (Wildman–Crippen MR) is 57.0 cm³/mol. The van der Waals surface area contributed by atoms with Gasteiger partial charge in [0.1, 0.15) is 0 Å². The van der Waals surface area contributed by atoms with E-state index >= 15 is 0 Å². The van der Waals surface area contributed by atoms with E-state index in [1.54, 1.807) is 0 Å². The van der Waals surface area contributed by atoms with E-state index in [1.807, 2.05) is 0 Å². The Morgan fingerprint density at radius 3 is 2.64 bits per heavy atom. The molecule has 0 bridgehead atoms. The maximum absolute atomic E-state index is 9.25. The summed E-state index contributed by atoms with van der Waals surface area (Å²) in [5.41, 5.74) is 2.84. The molecular weight excluding hydrogens is 176 g/mol. The summed E-state index contributed by atoms with van der Waals surface area (Å²) in [6.45, 7) is 2.96. The molecule has 0 heterocycles. The molecule has 0 amide bonds. The molecule has 1 N–H and O–H groups in total. The zero-order chi connectivity index (χ0) is 10.4. The van der Waals surface area contributed by atoms with Crippen molar-refractivity contribution in [2.24, 2.45) is 0 Å². The minimum absolute atomic E-state index is 0.833. The number of fused-ring (bicyclic) bond motifs is 1. The molecule has 0 atom stereocenters. The fourth-order valence-electron chi connectivity index (χ4n) is 1.20. The molecule has 2 rings (SSSR count). The Morgan fingerprint density at radius 1 is 1.43 bits per heavy atom. The van der Waals surface area contributed by atoms with Crippen LogP contribution in [0.4, 0.5) is 0 Å². The highest BCUT2D eigenvalue weighted by atomic mass is 16.4. The molecular formula is C12H12O2. The summed E-state index contributed by atoms with van der Waals surface area (Å²) in [5.74, 6) is -0.981. The first-order valence-electron chi connectivity index (χ1n) is 4.34. The molecule has 1 aliphatic rings. The van der Waals surface area contributed by atoms with Crippen LogP contribution in [-0.4, -0.2) is 11.1 Å². The van der Waals surface area contributed by atoms with Crippen LogP contribution in [-0.2, 0) is 11.2 Å². The Balaban J connectivity index is 0.000000171. The number of aliphatic carboxylic acids is 1. The van der Waals surface area contributed by atoms with Crippen molar-refractivity contribution in [1.82, 2.24) is 0 Å². The first-order chi connectivity index (χ1) is 6.74. The summed E-state index contributed by atoms with van der Waals surface area (Å²) < 4.78 is 0. The highest BCUT2D eigenvalue weighted by Gasteiger charge is 2.00. The second-order valence-electron chi connectivity index (χ2n) is 2.85. The number of rotatable bonds is 1. The Labute approximate surface area is 83.2 Å². The van der Waals surface area contributed by atoms with E-state index in [1.165, 1.54) is 11.1 Å². The van der Waals surface area contributed by atoms with E-state index < -0.39 is 5.97 Å². The lowest BCUT2D eigenvalue weighted by Gasteiger charge is -1.93. The highest BCUT2D eigenvalue weighted by Crippen LogP contribution is 2.17. The standard InChI is InChI=1S/C9H8.C3H4O2/c1-2-5-9-7-3-6-8(9)4-1;1-2-3(4)5/h1-6H,7H2;2H,1H2,(H,4,5). The van der Waals surface area contributed by atoms with Crippen molar-refractivity contribution in [3.63, 3.8) is 0 Å². The van der Waals surface area contributed by atoms with Crippen molar-refractivity contribution in [2.75, 3.05) is 0 Å². The Hall–Kier alpha value is -1.83. The zero-order valence-corrected chi connectivity index (χ0v) is 7.81. The Kier molecular flexibility index (Phi) is 3.68. The smallest absolute Gasteiger partial charge is 0.327 e. The van der Waals surface area contributed by atoms with Gasteiger partial charge in [-0.25, -0.2) is 4.79 Å². The van der Waals surface area contributed by atoms with Gasteiger partial charge >= 0.3 is 5.97 Å². The van der Waals surface area contributed by atoms with Crippen LogP contribution in [0, 0.1) is 0 Å². The molecule has 0 unspecified atom stereocenters. The van der Waals surface area contributed by atoms with Gasteiger partial charge in [0.2, 0.25) is 0 Å². The molecule has 0 fully saturated rings. The number of benzene rings is 1. The molecule has 0 aromatic heterocycles. The van der Waals surface area contributed by atoms with Gasteiger partial charge in [0.05, 0.1) is 0 Å². The maximum atomic E-state index is 9.25. The van der Waals surface area contributed by atoms with Gasteiger partial charge in [0.15, 0.2) is 0 Å². The van der Waals surface area contributed by atoms with Gasteiger partial charge in [-0.1, -0.05) is 43.0 Å². The maximum Gasteiger partial charge on any atom is 0.327 e. The van der Waals surface area contributed by atoms with E-state index in [0.29, 0.717) is 0 Å². The topological polar surface area (TPSA) is 37.3 Å². The fourth-order valence-corrected chi connectivity index (χ4v) is 1.20. The van der Waals surface area contributed by atoms with Gasteiger partial charge in [0.25, 0.3) is 0 Å². The second kappa shape index (κ2) is 5.02. The normalized spacial score (nSPS) is 11.1. The first-order valence-corrected chi connectivity index (χ1v) is 4.34. The van der Waals surface area contributed by atoms with Crippen molar-refractivity contribution >= 4 is 12.0 Å². The van der Waals surface area contributed by atoms with E-state index in [9.17, 15) is 4.79 Å². The van der Waals surface area contributed by atoms with Crippen LogP contribution >= 0.6 is 0 Å². The minimum atomic E-state index is -0.981.